The fourth-order valence-corrected chi connectivity index (χ4v) is 4.81. The van der Waals surface area contributed by atoms with Crippen LogP contribution in [-0.4, -0.2) is 27.1 Å². The lowest BCUT2D eigenvalue weighted by Crippen LogP contribution is -2.39. The Morgan fingerprint density at radius 1 is 1.10 bits per heavy atom. The van der Waals surface area contributed by atoms with Gasteiger partial charge in [0.2, 0.25) is 0 Å². The first-order valence-corrected chi connectivity index (χ1v) is 11.3. The average Bonchev–Trinajstić information content (AvgIpc) is 3.12. The van der Waals surface area contributed by atoms with E-state index in [1.165, 1.54) is 41.8 Å². The Hall–Kier alpha value is -3.04. The van der Waals surface area contributed by atoms with Crippen molar-refractivity contribution in [2.24, 2.45) is 5.10 Å². The van der Waals surface area contributed by atoms with Crippen LogP contribution in [0.1, 0.15) is 16.0 Å². The van der Waals surface area contributed by atoms with Gasteiger partial charge in [0.25, 0.3) is 15.9 Å². The topological polar surface area (TPSA) is 78.8 Å². The van der Waals surface area contributed by atoms with Crippen LogP contribution < -0.4 is 9.73 Å². The fraction of sp³-hybridized carbons (Fsp3) is 0.143. The number of nitrogens with one attached hydrogen (secondary N) is 1. The molecule has 0 unspecified atom stereocenters. The predicted octanol–water partition coefficient (Wildman–Crippen LogP) is 3.85. The van der Waals surface area contributed by atoms with Crippen molar-refractivity contribution in [3.8, 4) is 0 Å². The number of hydrogen-bond donors (Lipinski definition) is 1. The summed E-state index contributed by atoms with van der Waals surface area (Å²) in [4.78, 5) is 13.4. The first-order valence-electron chi connectivity index (χ1n) is 8.98. The summed E-state index contributed by atoms with van der Waals surface area (Å²) < 4.78 is 40.6. The molecule has 2 aromatic carbocycles. The summed E-state index contributed by atoms with van der Waals surface area (Å²) in [6.45, 7) is 3.25. The van der Waals surface area contributed by atoms with E-state index >= 15 is 0 Å². The van der Waals surface area contributed by atoms with Gasteiger partial charge in [0.15, 0.2) is 0 Å². The Labute approximate surface area is 178 Å². The molecule has 0 atom stereocenters. The summed E-state index contributed by atoms with van der Waals surface area (Å²) in [5, 5.41) is 5.81. The summed E-state index contributed by atoms with van der Waals surface area (Å²) in [6.07, 6.45) is 1.51. The number of hydrazone groups is 1. The van der Waals surface area contributed by atoms with Crippen LogP contribution in [0.3, 0.4) is 0 Å². The van der Waals surface area contributed by atoms with Crippen molar-refractivity contribution in [2.45, 2.75) is 18.7 Å². The first kappa shape index (κ1) is 21.7. The predicted molar refractivity (Wildman–Crippen MR) is 117 cm³/mol. The average molecular weight is 446 g/mol. The molecule has 0 aliphatic carbocycles. The molecule has 1 N–H and O–H groups in total. The van der Waals surface area contributed by atoms with Gasteiger partial charge in [-0.3, -0.25) is 9.10 Å². The molecule has 0 bridgehead atoms. The van der Waals surface area contributed by atoms with Crippen LogP contribution in [0.2, 0.25) is 0 Å². The molecule has 0 radical (unpaired) electrons. The molecule has 6 nitrogen and oxygen atoms in total. The Balaban J connectivity index is 1.85. The zero-order valence-electron chi connectivity index (χ0n) is 16.4. The second-order valence-corrected chi connectivity index (χ2v) is 9.37. The number of hydrogen-bond acceptors (Lipinski definition) is 5. The van der Waals surface area contributed by atoms with Gasteiger partial charge >= 0.3 is 0 Å². The van der Waals surface area contributed by atoms with Gasteiger partial charge in [0.05, 0.1) is 16.8 Å². The number of rotatable bonds is 7. The van der Waals surface area contributed by atoms with Crippen LogP contribution in [0.25, 0.3) is 0 Å². The van der Waals surface area contributed by atoms with Crippen LogP contribution in [0.15, 0.2) is 70.0 Å². The van der Waals surface area contributed by atoms with Crippen LogP contribution in [-0.2, 0) is 14.8 Å². The molecule has 0 saturated carbocycles. The third-order valence-corrected chi connectivity index (χ3v) is 7.03. The molecule has 0 saturated heterocycles. The van der Waals surface area contributed by atoms with Crippen LogP contribution in [0.4, 0.5) is 10.1 Å². The Morgan fingerprint density at radius 2 is 1.77 bits per heavy atom. The van der Waals surface area contributed by atoms with Gasteiger partial charge in [-0.15, -0.1) is 11.3 Å². The van der Waals surface area contributed by atoms with Crippen molar-refractivity contribution in [1.82, 2.24) is 5.43 Å². The zero-order valence-corrected chi connectivity index (χ0v) is 18.0. The van der Waals surface area contributed by atoms with Gasteiger partial charge in [-0.05, 0) is 67.3 Å². The smallest absolute Gasteiger partial charge is 0.264 e. The zero-order chi connectivity index (χ0) is 21.7. The number of sulfonamides is 1. The lowest BCUT2D eigenvalue weighted by Gasteiger charge is -2.23. The molecule has 1 aromatic heterocycles. The highest BCUT2D eigenvalue weighted by molar-refractivity contribution is 7.92. The second-order valence-electron chi connectivity index (χ2n) is 6.56. The molecular formula is C21H20FN3O3S2. The van der Waals surface area contributed by atoms with Gasteiger partial charge in [-0.1, -0.05) is 17.7 Å². The number of nitrogens with zero attached hydrogens (tertiary/aromatic N) is 2. The number of anilines is 1. The third kappa shape index (κ3) is 5.11. The summed E-state index contributed by atoms with van der Waals surface area (Å²) in [5.41, 5.74) is 4.44. The van der Waals surface area contributed by atoms with E-state index in [9.17, 15) is 17.6 Å². The van der Waals surface area contributed by atoms with Crippen LogP contribution in [0.5, 0.6) is 0 Å². The van der Waals surface area contributed by atoms with E-state index in [1.54, 1.807) is 12.1 Å². The van der Waals surface area contributed by atoms with Crippen LogP contribution >= 0.6 is 11.3 Å². The van der Waals surface area contributed by atoms with Gasteiger partial charge < -0.3 is 0 Å². The van der Waals surface area contributed by atoms with Gasteiger partial charge in [-0.2, -0.15) is 5.10 Å². The molecule has 1 heterocycles. The summed E-state index contributed by atoms with van der Waals surface area (Å²) in [6, 6.07) is 13.1. The molecule has 1 amide bonds. The van der Waals surface area contributed by atoms with Crippen molar-refractivity contribution >= 4 is 39.2 Å². The SMILES string of the molecule is Cc1ccc(S(=O)(=O)N(CC(=O)N/N=C\c2sccc2C)c2ccc(F)cc2)cc1. The Kier molecular flexibility index (Phi) is 6.63. The van der Waals surface area contributed by atoms with E-state index < -0.39 is 28.3 Å². The van der Waals surface area contributed by atoms with E-state index in [0.717, 1.165) is 32.4 Å². The lowest BCUT2D eigenvalue weighted by molar-refractivity contribution is -0.119. The number of thiophene rings is 1. The van der Waals surface area contributed by atoms with E-state index in [0.29, 0.717) is 0 Å². The van der Waals surface area contributed by atoms with Crippen molar-refractivity contribution in [3.63, 3.8) is 0 Å². The standard InChI is InChI=1S/C21H20FN3O3S2/c1-15-3-9-19(10-4-15)30(27,28)25(18-7-5-17(22)6-8-18)14-21(26)24-23-13-20-16(2)11-12-29-20/h3-13H,14H2,1-2H3,(H,24,26)/b23-13-. The molecule has 3 rings (SSSR count). The van der Waals surface area contributed by atoms with E-state index in [2.05, 4.69) is 10.5 Å². The molecular weight excluding hydrogens is 425 g/mol. The van der Waals surface area contributed by atoms with E-state index in [1.807, 2.05) is 25.3 Å². The third-order valence-electron chi connectivity index (χ3n) is 4.28. The van der Waals surface area contributed by atoms with Crippen molar-refractivity contribution in [3.05, 3.63) is 81.8 Å². The number of halogens is 1. The van der Waals surface area contributed by atoms with Gasteiger partial charge in [0, 0.05) is 4.88 Å². The molecule has 30 heavy (non-hydrogen) atoms. The number of carbonyl (C=O) groups excluding carboxylic acids is 1. The quantitative estimate of drug-likeness (QED) is 0.443. The van der Waals surface area contributed by atoms with E-state index in [-0.39, 0.29) is 10.6 Å². The molecule has 0 aliphatic heterocycles. The largest absolute Gasteiger partial charge is 0.271 e. The maximum atomic E-state index is 13.3. The normalized spacial score (nSPS) is 11.6. The number of carbonyl (C=O) groups is 1. The van der Waals surface area contributed by atoms with Crippen molar-refractivity contribution in [2.75, 3.05) is 10.8 Å². The minimum atomic E-state index is -4.05. The summed E-state index contributed by atoms with van der Waals surface area (Å²) in [5.74, 6) is -1.13. The van der Waals surface area contributed by atoms with Gasteiger partial charge in [-0.25, -0.2) is 18.2 Å². The van der Waals surface area contributed by atoms with E-state index in [4.69, 9.17) is 0 Å². The molecule has 3 aromatic rings. The highest BCUT2D eigenvalue weighted by Gasteiger charge is 2.27. The minimum absolute atomic E-state index is 0.0305. The van der Waals surface area contributed by atoms with Crippen molar-refractivity contribution < 1.29 is 17.6 Å². The maximum absolute atomic E-state index is 13.3. The Morgan fingerprint density at radius 3 is 2.37 bits per heavy atom. The lowest BCUT2D eigenvalue weighted by atomic mass is 10.2. The second kappa shape index (κ2) is 9.19. The van der Waals surface area contributed by atoms with Crippen LogP contribution in [0, 0.1) is 19.7 Å². The highest BCUT2D eigenvalue weighted by atomic mass is 32.2. The first-order chi connectivity index (χ1) is 14.3. The highest BCUT2D eigenvalue weighted by Crippen LogP contribution is 2.24. The molecule has 0 fully saturated rings. The minimum Gasteiger partial charge on any atom is -0.271 e. The Bertz CT molecular complexity index is 1150. The molecule has 9 heteroatoms. The van der Waals surface area contributed by atoms with Crippen molar-refractivity contribution in [1.29, 1.82) is 0 Å². The number of aryl methyl sites for hydroxylation is 2. The number of amides is 1. The monoisotopic (exact) mass is 445 g/mol. The summed E-state index contributed by atoms with van der Waals surface area (Å²) >= 11 is 1.47. The number of benzene rings is 2. The molecule has 0 aliphatic rings. The fourth-order valence-electron chi connectivity index (χ4n) is 2.61. The summed E-state index contributed by atoms with van der Waals surface area (Å²) in [7, 11) is -4.05. The van der Waals surface area contributed by atoms with Gasteiger partial charge in [0.1, 0.15) is 12.4 Å². The molecule has 0 spiro atoms. The maximum Gasteiger partial charge on any atom is 0.264 e. The molecule has 156 valence electrons.